The smallest absolute Gasteiger partial charge is 0.223 e. The van der Waals surface area contributed by atoms with E-state index >= 15 is 0 Å². The fourth-order valence-electron chi connectivity index (χ4n) is 1.25. The molecule has 0 radical (unpaired) electrons. The van der Waals surface area contributed by atoms with E-state index in [9.17, 15) is 0 Å². The monoisotopic (exact) mass is 223 g/mol. The minimum Gasteiger partial charge on any atom is -0.373 e. The average molecular weight is 223 g/mol. The van der Waals surface area contributed by atoms with Gasteiger partial charge in [-0.15, -0.1) is 0 Å². The molecule has 90 valence electrons. The van der Waals surface area contributed by atoms with Crippen molar-refractivity contribution in [1.29, 1.82) is 0 Å². The first kappa shape index (κ1) is 12.5. The van der Waals surface area contributed by atoms with E-state index in [0.29, 0.717) is 5.41 Å². The molecule has 0 bridgehead atoms. The Balaban J connectivity index is 2.57. The molecule has 1 rings (SSSR count). The molecule has 0 saturated heterocycles. The molecule has 0 saturated carbocycles. The molecule has 16 heavy (non-hydrogen) atoms. The Hall–Kier alpha value is -1.52. The van der Waals surface area contributed by atoms with Crippen LogP contribution in [0, 0.1) is 5.41 Å². The molecule has 0 amide bonds. The van der Waals surface area contributed by atoms with Gasteiger partial charge < -0.3 is 16.4 Å². The van der Waals surface area contributed by atoms with Gasteiger partial charge >= 0.3 is 0 Å². The van der Waals surface area contributed by atoms with Gasteiger partial charge in [0.15, 0.2) is 0 Å². The fraction of sp³-hybridized carbons (Fsp3) is 0.636. The minimum absolute atomic E-state index is 0.283. The number of nitrogens with one attached hydrogen (secondary N) is 2. The van der Waals surface area contributed by atoms with Gasteiger partial charge in [-0.3, -0.25) is 0 Å². The van der Waals surface area contributed by atoms with Crippen LogP contribution in [0.2, 0.25) is 0 Å². The number of hydrogen-bond acceptors (Lipinski definition) is 5. The van der Waals surface area contributed by atoms with Gasteiger partial charge in [0.2, 0.25) is 5.95 Å². The van der Waals surface area contributed by atoms with Gasteiger partial charge in [0.25, 0.3) is 0 Å². The van der Waals surface area contributed by atoms with Crippen LogP contribution < -0.4 is 16.4 Å². The second-order valence-electron chi connectivity index (χ2n) is 4.98. The summed E-state index contributed by atoms with van der Waals surface area (Å²) in [4.78, 5) is 8.14. The van der Waals surface area contributed by atoms with Crippen LogP contribution in [0.5, 0.6) is 0 Å². The second kappa shape index (κ2) is 5.01. The Morgan fingerprint density at radius 1 is 1.25 bits per heavy atom. The van der Waals surface area contributed by atoms with Crippen molar-refractivity contribution in [3.05, 3.63) is 6.07 Å². The summed E-state index contributed by atoms with van der Waals surface area (Å²) < 4.78 is 0. The van der Waals surface area contributed by atoms with Crippen molar-refractivity contribution < 1.29 is 0 Å². The molecule has 1 aromatic rings. The summed E-state index contributed by atoms with van der Waals surface area (Å²) in [5, 5.41) is 6.19. The Morgan fingerprint density at radius 2 is 1.88 bits per heavy atom. The highest BCUT2D eigenvalue weighted by Crippen LogP contribution is 2.19. The lowest BCUT2D eigenvalue weighted by atomic mass is 9.92. The molecule has 0 atom stereocenters. The third-order valence-electron chi connectivity index (χ3n) is 2.18. The zero-order chi connectivity index (χ0) is 12.2. The number of nitrogens with two attached hydrogens (primary N) is 1. The first-order valence-corrected chi connectivity index (χ1v) is 5.47. The number of anilines is 3. The predicted octanol–water partition coefficient (Wildman–Crippen LogP) is 1.95. The van der Waals surface area contributed by atoms with Crippen LogP contribution in [0.1, 0.15) is 27.2 Å². The molecule has 0 aliphatic carbocycles. The van der Waals surface area contributed by atoms with Crippen LogP contribution in [0.15, 0.2) is 6.07 Å². The molecular weight excluding hydrogens is 202 g/mol. The van der Waals surface area contributed by atoms with Crippen LogP contribution in [0.3, 0.4) is 0 Å². The number of rotatable bonds is 4. The molecular formula is C11H21N5. The lowest BCUT2D eigenvalue weighted by Gasteiger charge is -2.18. The van der Waals surface area contributed by atoms with Crippen LogP contribution in [-0.2, 0) is 0 Å². The highest BCUT2D eigenvalue weighted by Gasteiger charge is 2.09. The van der Waals surface area contributed by atoms with E-state index in [0.717, 1.165) is 24.6 Å². The van der Waals surface area contributed by atoms with E-state index in [-0.39, 0.29) is 5.95 Å². The number of nitrogens with zero attached hydrogens (tertiary/aromatic N) is 2. The quantitative estimate of drug-likeness (QED) is 0.727. The van der Waals surface area contributed by atoms with E-state index < -0.39 is 0 Å². The van der Waals surface area contributed by atoms with Gasteiger partial charge in [-0.2, -0.15) is 9.97 Å². The molecule has 0 fully saturated rings. The number of aromatic nitrogens is 2. The Labute approximate surface area is 96.9 Å². The molecule has 5 nitrogen and oxygen atoms in total. The van der Waals surface area contributed by atoms with Crippen LogP contribution in [0.25, 0.3) is 0 Å². The summed E-state index contributed by atoms with van der Waals surface area (Å²) in [6.07, 6.45) is 1.08. The van der Waals surface area contributed by atoms with E-state index in [2.05, 4.69) is 41.4 Å². The molecule has 0 spiro atoms. The van der Waals surface area contributed by atoms with Gasteiger partial charge in [0, 0.05) is 19.7 Å². The van der Waals surface area contributed by atoms with Gasteiger partial charge in [-0.05, 0) is 11.8 Å². The van der Waals surface area contributed by atoms with Crippen molar-refractivity contribution in [1.82, 2.24) is 9.97 Å². The lowest BCUT2D eigenvalue weighted by molar-refractivity contribution is 0.389. The topological polar surface area (TPSA) is 75.9 Å². The lowest BCUT2D eigenvalue weighted by Crippen LogP contribution is -2.14. The maximum atomic E-state index is 5.59. The van der Waals surface area contributed by atoms with E-state index in [1.54, 1.807) is 7.05 Å². The number of nitrogen functional groups attached to an aromatic ring is 1. The zero-order valence-electron chi connectivity index (χ0n) is 10.5. The maximum Gasteiger partial charge on any atom is 0.223 e. The Morgan fingerprint density at radius 3 is 2.44 bits per heavy atom. The molecule has 0 aliphatic rings. The average Bonchev–Trinajstić information content (AvgIpc) is 2.14. The Bertz CT molecular complexity index is 343. The van der Waals surface area contributed by atoms with Gasteiger partial charge in [-0.1, -0.05) is 20.8 Å². The van der Waals surface area contributed by atoms with Crippen molar-refractivity contribution in [3.63, 3.8) is 0 Å². The first-order chi connectivity index (χ1) is 7.40. The third-order valence-corrected chi connectivity index (χ3v) is 2.18. The summed E-state index contributed by atoms with van der Waals surface area (Å²) in [5.41, 5.74) is 5.91. The van der Waals surface area contributed by atoms with Crippen molar-refractivity contribution in [2.45, 2.75) is 27.2 Å². The molecule has 0 aliphatic heterocycles. The second-order valence-corrected chi connectivity index (χ2v) is 4.98. The standard InChI is InChI=1S/C11H21N5/c1-11(2,3)5-6-14-9-7-8(13-4)15-10(12)16-9/h7H,5-6H2,1-4H3,(H4,12,13,14,15,16). The summed E-state index contributed by atoms with van der Waals surface area (Å²) in [6, 6.07) is 1.85. The predicted molar refractivity (Wildman–Crippen MR) is 68.6 cm³/mol. The van der Waals surface area contributed by atoms with E-state index in [1.165, 1.54) is 0 Å². The largest absolute Gasteiger partial charge is 0.373 e. The van der Waals surface area contributed by atoms with Gasteiger partial charge in [0.05, 0.1) is 0 Å². The van der Waals surface area contributed by atoms with Crippen molar-refractivity contribution >= 4 is 17.6 Å². The van der Waals surface area contributed by atoms with Crippen molar-refractivity contribution in [2.24, 2.45) is 5.41 Å². The highest BCUT2D eigenvalue weighted by atomic mass is 15.1. The molecule has 1 heterocycles. The fourth-order valence-corrected chi connectivity index (χ4v) is 1.25. The minimum atomic E-state index is 0.283. The van der Waals surface area contributed by atoms with Crippen LogP contribution >= 0.6 is 0 Å². The van der Waals surface area contributed by atoms with Crippen LogP contribution in [0.4, 0.5) is 17.6 Å². The molecule has 4 N–H and O–H groups in total. The third kappa shape index (κ3) is 4.33. The first-order valence-electron chi connectivity index (χ1n) is 5.47. The SMILES string of the molecule is CNc1cc(NCCC(C)(C)C)nc(N)n1. The summed E-state index contributed by atoms with van der Waals surface area (Å²) in [6.45, 7) is 7.51. The summed E-state index contributed by atoms with van der Waals surface area (Å²) in [7, 11) is 1.81. The summed E-state index contributed by atoms with van der Waals surface area (Å²) >= 11 is 0. The molecule has 0 aromatic carbocycles. The van der Waals surface area contributed by atoms with Gasteiger partial charge in [-0.25, -0.2) is 0 Å². The zero-order valence-corrected chi connectivity index (χ0v) is 10.5. The normalized spacial score (nSPS) is 11.2. The summed E-state index contributed by atoms with van der Waals surface area (Å²) in [5.74, 6) is 1.77. The van der Waals surface area contributed by atoms with E-state index in [4.69, 9.17) is 5.73 Å². The highest BCUT2D eigenvalue weighted by molar-refractivity contribution is 5.50. The molecule has 5 heteroatoms. The van der Waals surface area contributed by atoms with Crippen molar-refractivity contribution in [3.8, 4) is 0 Å². The number of hydrogen-bond donors (Lipinski definition) is 3. The molecule has 1 aromatic heterocycles. The van der Waals surface area contributed by atoms with Gasteiger partial charge in [0.1, 0.15) is 11.6 Å². The van der Waals surface area contributed by atoms with E-state index in [1.807, 2.05) is 6.07 Å². The van der Waals surface area contributed by atoms with Crippen molar-refractivity contribution in [2.75, 3.05) is 30.0 Å². The Kier molecular flexibility index (Phi) is 3.93. The maximum absolute atomic E-state index is 5.59. The van der Waals surface area contributed by atoms with Crippen LogP contribution in [-0.4, -0.2) is 23.6 Å². The molecule has 0 unspecified atom stereocenters.